The summed E-state index contributed by atoms with van der Waals surface area (Å²) in [5.41, 5.74) is 3.46. The number of carbonyl (C=O) groups is 1. The maximum absolute atomic E-state index is 12.9. The molecule has 0 aliphatic heterocycles. The number of alkyl halides is 3. The van der Waals surface area contributed by atoms with Gasteiger partial charge in [0.05, 0.1) is 18.0 Å². The standard InChI is InChI=1S/C22H26F3NO2/c1-3-5-19(15-8-10-18(11-9-15)22(23,24)25)26-14(2)12-16-6-4-7-17(21(16)26)13-20(27)28/h8-12,17,19H,3-7,13H2,1-2H3,(H,27,28). The number of hydrogen-bond acceptors (Lipinski definition) is 1. The van der Waals surface area contributed by atoms with Crippen molar-refractivity contribution in [3.05, 3.63) is 58.4 Å². The Kier molecular flexibility index (Phi) is 5.87. The van der Waals surface area contributed by atoms with Crippen molar-refractivity contribution in [3.8, 4) is 0 Å². The Hall–Kier alpha value is -2.24. The molecule has 2 atom stereocenters. The molecule has 1 aromatic heterocycles. The molecular formula is C22H26F3NO2. The maximum atomic E-state index is 12.9. The topological polar surface area (TPSA) is 42.2 Å². The quantitative estimate of drug-likeness (QED) is 0.644. The third-order valence-electron chi connectivity index (χ3n) is 5.65. The van der Waals surface area contributed by atoms with Crippen molar-refractivity contribution in [2.24, 2.45) is 0 Å². The summed E-state index contributed by atoms with van der Waals surface area (Å²) in [5.74, 6) is -0.867. The predicted octanol–water partition coefficient (Wildman–Crippen LogP) is 6.10. The average Bonchev–Trinajstić information content (AvgIpc) is 2.95. The van der Waals surface area contributed by atoms with Crippen molar-refractivity contribution in [2.45, 2.75) is 70.5 Å². The summed E-state index contributed by atoms with van der Waals surface area (Å²) < 4.78 is 41.0. The fraction of sp³-hybridized carbons (Fsp3) is 0.500. The SMILES string of the molecule is CCCC(c1ccc(C(F)(F)F)cc1)n1c(C)cc2c1C(CC(=O)O)CCC2. The zero-order valence-corrected chi connectivity index (χ0v) is 16.2. The van der Waals surface area contributed by atoms with E-state index < -0.39 is 17.7 Å². The number of aromatic nitrogens is 1. The van der Waals surface area contributed by atoms with Crippen LogP contribution in [0.15, 0.2) is 30.3 Å². The van der Waals surface area contributed by atoms with Gasteiger partial charge in [-0.2, -0.15) is 13.2 Å². The monoisotopic (exact) mass is 393 g/mol. The van der Waals surface area contributed by atoms with E-state index in [-0.39, 0.29) is 18.4 Å². The molecule has 2 unspecified atom stereocenters. The molecule has 2 aromatic rings. The van der Waals surface area contributed by atoms with Crippen LogP contribution in [0, 0.1) is 6.92 Å². The lowest BCUT2D eigenvalue weighted by Crippen LogP contribution is -2.21. The van der Waals surface area contributed by atoms with Gasteiger partial charge in [-0.1, -0.05) is 25.5 Å². The molecule has 1 heterocycles. The molecule has 3 nitrogen and oxygen atoms in total. The number of aryl methyl sites for hydroxylation is 2. The van der Waals surface area contributed by atoms with E-state index in [2.05, 4.69) is 17.6 Å². The molecule has 1 aliphatic carbocycles. The zero-order valence-electron chi connectivity index (χ0n) is 16.2. The van der Waals surface area contributed by atoms with Gasteiger partial charge in [0, 0.05) is 17.3 Å². The van der Waals surface area contributed by atoms with Crippen LogP contribution in [-0.4, -0.2) is 15.6 Å². The van der Waals surface area contributed by atoms with Crippen molar-refractivity contribution >= 4 is 5.97 Å². The summed E-state index contributed by atoms with van der Waals surface area (Å²) in [6.45, 7) is 4.06. The molecule has 0 fully saturated rings. The van der Waals surface area contributed by atoms with Crippen LogP contribution in [0.2, 0.25) is 0 Å². The van der Waals surface area contributed by atoms with E-state index in [0.29, 0.717) is 0 Å². The second-order valence-electron chi connectivity index (χ2n) is 7.68. The number of hydrogen-bond donors (Lipinski definition) is 1. The van der Waals surface area contributed by atoms with Gasteiger partial charge in [0.2, 0.25) is 0 Å². The van der Waals surface area contributed by atoms with Gasteiger partial charge in [-0.05, 0) is 61.9 Å². The minimum atomic E-state index is -4.35. The van der Waals surface area contributed by atoms with Crippen molar-refractivity contribution in [2.75, 3.05) is 0 Å². The minimum absolute atomic E-state index is 0.0521. The molecule has 3 rings (SSSR count). The van der Waals surface area contributed by atoms with Gasteiger partial charge in [-0.25, -0.2) is 0 Å². The third kappa shape index (κ3) is 4.10. The Labute approximate surface area is 163 Å². The van der Waals surface area contributed by atoms with Crippen molar-refractivity contribution < 1.29 is 23.1 Å². The Morgan fingerprint density at radius 2 is 1.96 bits per heavy atom. The van der Waals surface area contributed by atoms with Gasteiger partial charge in [-0.3, -0.25) is 4.79 Å². The summed E-state index contributed by atoms with van der Waals surface area (Å²) in [4.78, 5) is 11.4. The summed E-state index contributed by atoms with van der Waals surface area (Å²) in [6.07, 6.45) is 0.109. The second-order valence-corrected chi connectivity index (χ2v) is 7.68. The molecule has 0 saturated heterocycles. The number of carboxylic acids is 1. The highest BCUT2D eigenvalue weighted by molar-refractivity contribution is 5.68. The van der Waals surface area contributed by atoms with E-state index in [9.17, 15) is 23.1 Å². The molecule has 1 aliphatic rings. The number of benzene rings is 1. The molecule has 0 spiro atoms. The number of aliphatic carboxylic acids is 1. The molecule has 1 aromatic carbocycles. The van der Waals surface area contributed by atoms with Gasteiger partial charge in [0.1, 0.15) is 0 Å². The predicted molar refractivity (Wildman–Crippen MR) is 102 cm³/mol. The first-order chi connectivity index (χ1) is 13.2. The molecule has 152 valence electrons. The van der Waals surface area contributed by atoms with Crippen LogP contribution in [0.5, 0.6) is 0 Å². The Balaban J connectivity index is 2.06. The minimum Gasteiger partial charge on any atom is -0.481 e. The zero-order chi connectivity index (χ0) is 20.5. The first-order valence-corrected chi connectivity index (χ1v) is 9.82. The van der Waals surface area contributed by atoms with Gasteiger partial charge in [0.25, 0.3) is 0 Å². The van der Waals surface area contributed by atoms with E-state index in [1.54, 1.807) is 12.1 Å². The van der Waals surface area contributed by atoms with E-state index in [4.69, 9.17) is 0 Å². The Morgan fingerprint density at radius 3 is 2.54 bits per heavy atom. The summed E-state index contributed by atoms with van der Waals surface area (Å²) in [5, 5.41) is 9.34. The van der Waals surface area contributed by atoms with Crippen LogP contribution < -0.4 is 0 Å². The van der Waals surface area contributed by atoms with Crippen LogP contribution in [0.25, 0.3) is 0 Å². The Bertz CT molecular complexity index is 837. The maximum Gasteiger partial charge on any atom is 0.416 e. The smallest absolute Gasteiger partial charge is 0.416 e. The van der Waals surface area contributed by atoms with Crippen molar-refractivity contribution in [3.63, 3.8) is 0 Å². The first-order valence-electron chi connectivity index (χ1n) is 9.82. The molecule has 28 heavy (non-hydrogen) atoms. The highest BCUT2D eigenvalue weighted by atomic mass is 19.4. The summed E-state index contributed by atoms with van der Waals surface area (Å²) in [6, 6.07) is 7.42. The van der Waals surface area contributed by atoms with Crippen LogP contribution >= 0.6 is 0 Å². The Morgan fingerprint density at radius 1 is 1.29 bits per heavy atom. The normalized spacial score (nSPS) is 18.0. The van der Waals surface area contributed by atoms with Crippen LogP contribution in [0.3, 0.4) is 0 Å². The highest BCUT2D eigenvalue weighted by Gasteiger charge is 2.32. The molecule has 0 bridgehead atoms. The first kappa shape index (κ1) is 20.5. The summed E-state index contributed by atoms with van der Waals surface area (Å²) in [7, 11) is 0. The largest absolute Gasteiger partial charge is 0.481 e. The fourth-order valence-electron chi connectivity index (χ4n) is 4.51. The van der Waals surface area contributed by atoms with Gasteiger partial charge >= 0.3 is 12.1 Å². The molecule has 0 radical (unpaired) electrons. The third-order valence-corrected chi connectivity index (χ3v) is 5.65. The van der Waals surface area contributed by atoms with E-state index in [1.807, 2.05) is 6.92 Å². The van der Waals surface area contributed by atoms with Gasteiger partial charge < -0.3 is 9.67 Å². The molecule has 0 saturated carbocycles. The highest BCUT2D eigenvalue weighted by Crippen LogP contribution is 2.40. The van der Waals surface area contributed by atoms with Crippen LogP contribution in [-0.2, 0) is 17.4 Å². The van der Waals surface area contributed by atoms with E-state index in [0.717, 1.165) is 61.2 Å². The fourth-order valence-corrected chi connectivity index (χ4v) is 4.51. The molecule has 1 N–H and O–H groups in total. The van der Waals surface area contributed by atoms with Crippen molar-refractivity contribution in [1.29, 1.82) is 0 Å². The number of carboxylic acid groups (broad SMARTS) is 1. The summed E-state index contributed by atoms with van der Waals surface area (Å²) >= 11 is 0. The number of nitrogens with zero attached hydrogens (tertiary/aromatic N) is 1. The lowest BCUT2D eigenvalue weighted by atomic mass is 9.85. The van der Waals surface area contributed by atoms with E-state index >= 15 is 0 Å². The average molecular weight is 393 g/mol. The lowest BCUT2D eigenvalue weighted by molar-refractivity contribution is -0.138. The number of fused-ring (bicyclic) bond motifs is 1. The molecule has 0 amide bonds. The lowest BCUT2D eigenvalue weighted by Gasteiger charge is -2.30. The number of rotatable bonds is 6. The van der Waals surface area contributed by atoms with Crippen molar-refractivity contribution in [1.82, 2.24) is 4.57 Å². The van der Waals surface area contributed by atoms with Crippen LogP contribution in [0.1, 0.15) is 79.1 Å². The second kappa shape index (κ2) is 8.02. The van der Waals surface area contributed by atoms with E-state index in [1.165, 1.54) is 5.56 Å². The number of halogens is 3. The van der Waals surface area contributed by atoms with Crippen LogP contribution in [0.4, 0.5) is 13.2 Å². The van der Waals surface area contributed by atoms with Gasteiger partial charge in [0.15, 0.2) is 0 Å². The van der Waals surface area contributed by atoms with Gasteiger partial charge in [-0.15, -0.1) is 0 Å². The molecule has 6 heteroatoms. The molecular weight excluding hydrogens is 367 g/mol.